The normalized spacial score (nSPS) is 13.1. The Balaban J connectivity index is 4.38. The summed E-state index contributed by atoms with van der Waals surface area (Å²) in [4.78, 5) is 25.4. The Morgan fingerprint density at radius 1 is 0.371 bits per heavy atom. The molecule has 0 bridgehead atoms. The van der Waals surface area contributed by atoms with Crippen LogP contribution in [0.4, 0.5) is 0 Å². The van der Waals surface area contributed by atoms with Crippen LogP contribution in [0.1, 0.15) is 213 Å². The lowest BCUT2D eigenvalue weighted by atomic mass is 10.1. The first-order valence-electron chi connectivity index (χ1n) is 25.4. The van der Waals surface area contributed by atoms with Crippen molar-refractivity contribution in [3.8, 4) is 0 Å². The Hall–Kier alpha value is -3.44. The van der Waals surface area contributed by atoms with E-state index in [2.05, 4.69) is 130 Å². The number of unbranched alkanes of at least 4 members (excludes halogenated alkanes) is 16. The summed E-state index contributed by atoms with van der Waals surface area (Å²) in [5.74, 6) is -0.468. The molecule has 62 heavy (non-hydrogen) atoms. The Kier molecular flexibility index (Phi) is 49.0. The molecular formula is C57H94O5. The van der Waals surface area contributed by atoms with Crippen LogP contribution in [0, 0.1) is 0 Å². The van der Waals surface area contributed by atoms with E-state index in [4.69, 9.17) is 14.2 Å². The van der Waals surface area contributed by atoms with Crippen molar-refractivity contribution in [2.45, 2.75) is 219 Å². The summed E-state index contributed by atoms with van der Waals surface area (Å²) in [5, 5.41) is 0. The number of rotatable bonds is 45. The second-order valence-electron chi connectivity index (χ2n) is 16.3. The SMILES string of the molecule is CC/C=C\C/C=C\C/C=C\C/C=C\CCCCC(=O)OC(COCCCCCCCC/C=C\C/C=C\CCC)COC(=O)CCCCCCCCC/C=C\C/C=C\C/C=C\CC. The van der Waals surface area contributed by atoms with Crippen molar-refractivity contribution in [1.82, 2.24) is 0 Å². The molecule has 352 valence electrons. The summed E-state index contributed by atoms with van der Waals surface area (Å²) in [7, 11) is 0. The van der Waals surface area contributed by atoms with E-state index in [1.165, 1.54) is 64.2 Å². The minimum atomic E-state index is -0.574. The molecule has 0 N–H and O–H groups in total. The van der Waals surface area contributed by atoms with E-state index in [-0.39, 0.29) is 25.2 Å². The van der Waals surface area contributed by atoms with Crippen LogP contribution in [0.2, 0.25) is 0 Å². The topological polar surface area (TPSA) is 61.8 Å². The fraction of sp³-hybridized carbons (Fsp3) is 0.649. The average molecular weight is 859 g/mol. The van der Waals surface area contributed by atoms with E-state index in [1.807, 2.05) is 0 Å². The first kappa shape index (κ1) is 58.6. The molecule has 0 saturated heterocycles. The molecule has 5 heteroatoms. The Morgan fingerprint density at radius 2 is 0.726 bits per heavy atom. The number of ether oxygens (including phenoxy) is 3. The molecule has 1 atom stereocenters. The zero-order valence-electron chi connectivity index (χ0n) is 40.3. The first-order valence-corrected chi connectivity index (χ1v) is 25.4. The van der Waals surface area contributed by atoms with Gasteiger partial charge in [0.1, 0.15) is 6.61 Å². The molecule has 0 aliphatic heterocycles. The van der Waals surface area contributed by atoms with Crippen molar-refractivity contribution in [2.75, 3.05) is 19.8 Å². The number of allylic oxidation sites excluding steroid dienone is 18. The third-order valence-corrected chi connectivity index (χ3v) is 10.3. The molecule has 0 aromatic carbocycles. The molecule has 0 amide bonds. The van der Waals surface area contributed by atoms with Crippen molar-refractivity contribution in [3.63, 3.8) is 0 Å². The third-order valence-electron chi connectivity index (χ3n) is 10.3. The largest absolute Gasteiger partial charge is 0.462 e. The van der Waals surface area contributed by atoms with Crippen molar-refractivity contribution < 1.29 is 23.8 Å². The van der Waals surface area contributed by atoms with Gasteiger partial charge in [-0.2, -0.15) is 0 Å². The van der Waals surface area contributed by atoms with Gasteiger partial charge in [0.25, 0.3) is 0 Å². The van der Waals surface area contributed by atoms with Crippen LogP contribution >= 0.6 is 0 Å². The molecule has 0 rings (SSSR count). The summed E-state index contributed by atoms with van der Waals surface area (Å²) in [6.45, 7) is 7.45. The highest BCUT2D eigenvalue weighted by Crippen LogP contribution is 2.13. The van der Waals surface area contributed by atoms with E-state index in [1.54, 1.807) is 0 Å². The average Bonchev–Trinajstić information content (AvgIpc) is 3.27. The molecule has 0 fully saturated rings. The second-order valence-corrected chi connectivity index (χ2v) is 16.3. The highest BCUT2D eigenvalue weighted by molar-refractivity contribution is 5.70. The molecule has 0 aliphatic rings. The minimum Gasteiger partial charge on any atom is -0.462 e. The molecular weight excluding hydrogens is 765 g/mol. The summed E-state index contributed by atoms with van der Waals surface area (Å²) >= 11 is 0. The minimum absolute atomic E-state index is 0.0526. The monoisotopic (exact) mass is 859 g/mol. The van der Waals surface area contributed by atoms with Crippen LogP contribution in [0.25, 0.3) is 0 Å². The van der Waals surface area contributed by atoms with E-state index < -0.39 is 6.10 Å². The molecule has 0 radical (unpaired) electrons. The quantitative estimate of drug-likeness (QED) is 0.0347. The van der Waals surface area contributed by atoms with Crippen LogP contribution in [0.5, 0.6) is 0 Å². The van der Waals surface area contributed by atoms with Gasteiger partial charge in [-0.05, 0) is 116 Å². The highest BCUT2D eigenvalue weighted by Gasteiger charge is 2.17. The number of carbonyl (C=O) groups is 2. The van der Waals surface area contributed by atoms with Crippen molar-refractivity contribution in [1.29, 1.82) is 0 Å². The molecule has 0 aromatic heterocycles. The maximum Gasteiger partial charge on any atom is 0.306 e. The maximum absolute atomic E-state index is 12.8. The van der Waals surface area contributed by atoms with Gasteiger partial charge in [-0.3, -0.25) is 9.59 Å². The van der Waals surface area contributed by atoms with Gasteiger partial charge in [0.15, 0.2) is 6.10 Å². The number of carbonyl (C=O) groups excluding carboxylic acids is 2. The lowest BCUT2D eigenvalue weighted by molar-refractivity contribution is -0.163. The zero-order chi connectivity index (χ0) is 44.9. The Labute approximate surface area is 383 Å². The van der Waals surface area contributed by atoms with E-state index in [0.717, 1.165) is 116 Å². The molecule has 1 unspecified atom stereocenters. The van der Waals surface area contributed by atoms with Gasteiger partial charge < -0.3 is 14.2 Å². The zero-order valence-corrected chi connectivity index (χ0v) is 40.3. The van der Waals surface area contributed by atoms with Gasteiger partial charge in [0.05, 0.1) is 6.61 Å². The number of hydrogen-bond acceptors (Lipinski definition) is 5. The summed E-state index contributed by atoms with van der Waals surface area (Å²) in [5.41, 5.74) is 0. The Bertz CT molecular complexity index is 1250. The lowest BCUT2D eigenvalue weighted by Crippen LogP contribution is -2.30. The van der Waals surface area contributed by atoms with E-state index in [9.17, 15) is 9.59 Å². The summed E-state index contributed by atoms with van der Waals surface area (Å²) < 4.78 is 17.3. The Morgan fingerprint density at radius 3 is 1.19 bits per heavy atom. The fourth-order valence-corrected chi connectivity index (χ4v) is 6.55. The van der Waals surface area contributed by atoms with Crippen molar-refractivity contribution >= 4 is 11.9 Å². The third kappa shape index (κ3) is 49.2. The van der Waals surface area contributed by atoms with Crippen LogP contribution in [-0.4, -0.2) is 37.9 Å². The van der Waals surface area contributed by atoms with Gasteiger partial charge in [0, 0.05) is 19.4 Å². The molecule has 0 saturated carbocycles. The molecule has 0 spiro atoms. The fourth-order valence-electron chi connectivity index (χ4n) is 6.55. The van der Waals surface area contributed by atoms with Crippen LogP contribution in [0.3, 0.4) is 0 Å². The molecule has 0 aliphatic carbocycles. The van der Waals surface area contributed by atoms with Gasteiger partial charge >= 0.3 is 11.9 Å². The van der Waals surface area contributed by atoms with Crippen LogP contribution in [-0.2, 0) is 23.8 Å². The van der Waals surface area contributed by atoms with E-state index >= 15 is 0 Å². The van der Waals surface area contributed by atoms with Crippen LogP contribution in [0.15, 0.2) is 109 Å². The van der Waals surface area contributed by atoms with Gasteiger partial charge in [-0.1, -0.05) is 194 Å². The summed E-state index contributed by atoms with van der Waals surface area (Å²) in [6, 6.07) is 0. The van der Waals surface area contributed by atoms with Crippen molar-refractivity contribution in [3.05, 3.63) is 109 Å². The van der Waals surface area contributed by atoms with E-state index in [0.29, 0.717) is 19.4 Å². The first-order chi connectivity index (χ1) is 30.6. The lowest BCUT2D eigenvalue weighted by Gasteiger charge is -2.18. The maximum atomic E-state index is 12.8. The standard InChI is InChI=1S/C57H94O5/c1-4-7-10-13-16-19-22-25-28-29-31-32-35-38-41-44-47-50-56(58)61-54-55(53-60-52-49-46-43-40-37-34-27-24-21-18-15-12-9-6-3)62-57(59)51-48-45-42-39-36-33-30-26-23-20-17-14-11-8-5-2/h7-8,10-12,15-17,19-21,24-26,28,30,36,39,55H,4-6,9,13-14,18,22-23,27,29,31-35,37-38,40-54H2,1-3H3/b10-7-,11-8-,15-12-,19-16-,20-17-,24-21-,28-25-,30-26-,39-36-. The predicted octanol–water partition coefficient (Wildman–Crippen LogP) is 17.2. The highest BCUT2D eigenvalue weighted by atomic mass is 16.6. The summed E-state index contributed by atoms with van der Waals surface area (Å²) in [6.07, 6.45) is 70.9. The van der Waals surface area contributed by atoms with Gasteiger partial charge in [-0.25, -0.2) is 0 Å². The second kappa shape index (κ2) is 51.9. The molecule has 5 nitrogen and oxygen atoms in total. The van der Waals surface area contributed by atoms with Gasteiger partial charge in [-0.15, -0.1) is 0 Å². The predicted molar refractivity (Wildman–Crippen MR) is 269 cm³/mol. The molecule has 0 aromatic rings. The van der Waals surface area contributed by atoms with Crippen LogP contribution < -0.4 is 0 Å². The number of esters is 2. The smallest absolute Gasteiger partial charge is 0.306 e. The molecule has 0 heterocycles. The van der Waals surface area contributed by atoms with Gasteiger partial charge in [0.2, 0.25) is 0 Å². The number of hydrogen-bond donors (Lipinski definition) is 0. The van der Waals surface area contributed by atoms with Crippen molar-refractivity contribution in [2.24, 2.45) is 0 Å².